The van der Waals surface area contributed by atoms with E-state index in [2.05, 4.69) is 5.32 Å². The maximum absolute atomic E-state index is 13.0. The van der Waals surface area contributed by atoms with Crippen LogP contribution in [0.2, 0.25) is 0 Å². The van der Waals surface area contributed by atoms with Gasteiger partial charge in [0.15, 0.2) is 11.5 Å². The third-order valence-electron chi connectivity index (χ3n) is 6.75. The van der Waals surface area contributed by atoms with Crippen molar-refractivity contribution in [3.63, 3.8) is 0 Å². The molecule has 14 heteroatoms. The number of esters is 1. The van der Waals surface area contributed by atoms with E-state index in [0.717, 1.165) is 34.7 Å². The average molecular weight is 627 g/mol. The number of anilines is 1. The van der Waals surface area contributed by atoms with Crippen molar-refractivity contribution < 1.29 is 45.8 Å². The Morgan fingerprint density at radius 2 is 1.81 bits per heavy atom. The number of methoxy groups -OCH3 is 1. The van der Waals surface area contributed by atoms with Gasteiger partial charge < -0.3 is 19.9 Å². The quantitative estimate of drug-likeness (QED) is 0.287. The van der Waals surface area contributed by atoms with Gasteiger partial charge in [-0.05, 0) is 49.1 Å². The van der Waals surface area contributed by atoms with Crippen molar-refractivity contribution in [2.24, 2.45) is 0 Å². The number of carbonyl (C=O) groups is 2. The number of halogens is 3. The molecule has 1 aliphatic rings. The number of rotatable bonds is 10. The van der Waals surface area contributed by atoms with Crippen LogP contribution in [0.5, 0.6) is 5.75 Å². The van der Waals surface area contributed by atoms with Crippen LogP contribution in [0.25, 0.3) is 10.4 Å². The average Bonchev–Trinajstić information content (AvgIpc) is 3.27. The maximum atomic E-state index is 13.0. The highest BCUT2D eigenvalue weighted by Gasteiger charge is 2.32. The van der Waals surface area contributed by atoms with Gasteiger partial charge in [-0.3, -0.25) is 0 Å². The van der Waals surface area contributed by atoms with Gasteiger partial charge in [-0.2, -0.15) is 13.2 Å². The molecule has 1 aliphatic heterocycles. The normalized spacial score (nSPS) is 14.9. The summed E-state index contributed by atoms with van der Waals surface area (Å²) in [5.41, 5.74) is 1.32. The van der Waals surface area contributed by atoms with E-state index in [1.807, 2.05) is 24.3 Å². The van der Waals surface area contributed by atoms with Crippen molar-refractivity contribution in [2.75, 3.05) is 32.1 Å². The van der Waals surface area contributed by atoms with Gasteiger partial charge in [0.05, 0.1) is 18.4 Å². The molecule has 3 aromatic rings. The van der Waals surface area contributed by atoms with Crippen LogP contribution in [0.3, 0.4) is 0 Å². The van der Waals surface area contributed by atoms with Crippen LogP contribution in [0.4, 0.5) is 18.9 Å². The monoisotopic (exact) mass is 626 g/mol. The van der Waals surface area contributed by atoms with E-state index < -0.39 is 46.1 Å². The molecule has 0 aliphatic carbocycles. The number of ether oxygens (including phenoxy) is 2. The Balaban J connectivity index is 1.43. The van der Waals surface area contributed by atoms with Crippen LogP contribution < -0.4 is 10.1 Å². The molecule has 0 atom stereocenters. The highest BCUT2D eigenvalue weighted by Crippen LogP contribution is 2.42. The predicted molar refractivity (Wildman–Crippen MR) is 151 cm³/mol. The summed E-state index contributed by atoms with van der Waals surface area (Å²) in [5.74, 6) is -2.18. The number of piperidine rings is 1. The summed E-state index contributed by atoms with van der Waals surface area (Å²) < 4.78 is 76.5. The van der Waals surface area contributed by atoms with Crippen LogP contribution in [-0.2, 0) is 31.5 Å². The summed E-state index contributed by atoms with van der Waals surface area (Å²) in [6.07, 6.45) is -3.57. The van der Waals surface area contributed by atoms with Crippen LogP contribution in [-0.4, -0.2) is 62.6 Å². The van der Waals surface area contributed by atoms with Crippen molar-refractivity contribution in [1.29, 1.82) is 0 Å². The molecule has 42 heavy (non-hydrogen) atoms. The fraction of sp³-hybridized carbons (Fsp3) is 0.357. The third-order valence-corrected chi connectivity index (χ3v) is 9.90. The van der Waals surface area contributed by atoms with Gasteiger partial charge in [-0.1, -0.05) is 30.3 Å². The van der Waals surface area contributed by atoms with Crippen molar-refractivity contribution in [2.45, 2.75) is 37.7 Å². The van der Waals surface area contributed by atoms with Crippen LogP contribution >= 0.6 is 11.3 Å². The first kappa shape index (κ1) is 31.3. The largest absolute Gasteiger partial charge is 0.480 e. The summed E-state index contributed by atoms with van der Waals surface area (Å²) in [4.78, 5) is 24.2. The molecule has 0 bridgehead atoms. The zero-order valence-electron chi connectivity index (χ0n) is 22.7. The van der Waals surface area contributed by atoms with E-state index in [9.17, 15) is 31.2 Å². The molecule has 9 nitrogen and oxygen atoms in total. The van der Waals surface area contributed by atoms with Gasteiger partial charge in [-0.25, -0.2) is 22.3 Å². The molecular weight excluding hydrogens is 597 g/mol. The lowest BCUT2D eigenvalue weighted by Crippen LogP contribution is -2.42. The topological polar surface area (TPSA) is 122 Å². The SMILES string of the molecule is COC(=O)c1sc(-c2cccc(NC3CCN(S(=O)(=O)Cc4cccc(C(F)(F)F)c4)CC3)c2)c(C)c1OCC(=O)O. The molecule has 2 heterocycles. The van der Waals surface area contributed by atoms with Gasteiger partial charge >= 0.3 is 18.1 Å². The fourth-order valence-electron chi connectivity index (χ4n) is 4.71. The number of nitrogens with one attached hydrogen (secondary N) is 1. The minimum Gasteiger partial charge on any atom is -0.480 e. The number of sulfonamides is 1. The zero-order valence-corrected chi connectivity index (χ0v) is 24.4. The highest BCUT2D eigenvalue weighted by molar-refractivity contribution is 7.88. The van der Waals surface area contributed by atoms with Crippen molar-refractivity contribution in [1.82, 2.24) is 4.31 Å². The molecule has 0 radical (unpaired) electrons. The first-order valence-corrected chi connectivity index (χ1v) is 15.3. The number of benzene rings is 2. The van der Waals surface area contributed by atoms with Gasteiger partial charge in [0.1, 0.15) is 5.75 Å². The van der Waals surface area contributed by atoms with E-state index >= 15 is 0 Å². The minimum atomic E-state index is -4.55. The summed E-state index contributed by atoms with van der Waals surface area (Å²) >= 11 is 1.13. The van der Waals surface area contributed by atoms with E-state index in [-0.39, 0.29) is 35.3 Å². The van der Waals surface area contributed by atoms with E-state index in [1.54, 1.807) is 6.92 Å². The van der Waals surface area contributed by atoms with E-state index in [4.69, 9.17) is 14.6 Å². The summed E-state index contributed by atoms with van der Waals surface area (Å²) in [6.45, 7) is 1.55. The maximum Gasteiger partial charge on any atom is 0.416 e. The Bertz CT molecular complexity index is 1560. The summed E-state index contributed by atoms with van der Waals surface area (Å²) in [6, 6.07) is 11.7. The third kappa shape index (κ3) is 7.41. The van der Waals surface area contributed by atoms with Crippen LogP contribution in [0.15, 0.2) is 48.5 Å². The number of thiophene rings is 1. The lowest BCUT2D eigenvalue weighted by atomic mass is 10.0. The number of hydrogen-bond acceptors (Lipinski definition) is 8. The predicted octanol–water partition coefficient (Wildman–Crippen LogP) is 5.40. The number of nitrogens with zero attached hydrogens (tertiary/aromatic N) is 1. The van der Waals surface area contributed by atoms with Gasteiger partial charge in [0.2, 0.25) is 10.0 Å². The standard InChI is InChI=1S/C28H29F3N2O7S2/c1-17-24(40-15-23(34)35)26(27(36)39-2)41-25(17)19-6-4-8-22(14-19)32-21-9-11-33(12-10-21)42(37,38)16-18-5-3-7-20(13-18)28(29,30)31/h3-8,13-14,21,32H,9-12,15-16H2,1-2H3,(H,34,35). The summed E-state index contributed by atoms with van der Waals surface area (Å²) in [5, 5.41) is 12.4. The first-order chi connectivity index (χ1) is 19.8. The molecule has 226 valence electrons. The second-order valence-corrected chi connectivity index (χ2v) is 12.7. The molecule has 0 unspecified atom stereocenters. The zero-order chi connectivity index (χ0) is 30.7. The molecular formula is C28H29F3N2O7S2. The first-order valence-electron chi connectivity index (χ1n) is 12.9. The van der Waals surface area contributed by atoms with E-state index in [0.29, 0.717) is 23.3 Å². The Morgan fingerprint density at radius 3 is 2.45 bits per heavy atom. The Kier molecular flexibility index (Phi) is 9.48. The van der Waals surface area contributed by atoms with Crippen molar-refractivity contribution >= 4 is 39.0 Å². The van der Waals surface area contributed by atoms with Gasteiger partial charge in [-0.15, -0.1) is 11.3 Å². The Labute approximate surface area is 244 Å². The summed E-state index contributed by atoms with van der Waals surface area (Å²) in [7, 11) is -2.58. The number of aliphatic carboxylic acids is 1. The van der Waals surface area contributed by atoms with Gasteiger partial charge in [0.25, 0.3) is 0 Å². The Hall–Kier alpha value is -3.62. The minimum absolute atomic E-state index is 0.0511. The molecule has 0 saturated carbocycles. The number of alkyl halides is 3. The molecule has 0 amide bonds. The van der Waals surface area contributed by atoms with Gasteiger partial charge in [0, 0.05) is 35.3 Å². The second kappa shape index (κ2) is 12.7. The highest BCUT2D eigenvalue weighted by atomic mass is 32.2. The second-order valence-electron chi connectivity index (χ2n) is 9.74. The molecule has 1 aromatic heterocycles. The van der Waals surface area contributed by atoms with Crippen LogP contribution in [0.1, 0.15) is 39.2 Å². The molecule has 4 rings (SSSR count). The number of hydrogen-bond donors (Lipinski definition) is 2. The number of carboxylic acid groups (broad SMARTS) is 1. The lowest BCUT2D eigenvalue weighted by Gasteiger charge is -2.32. The molecule has 2 N–H and O–H groups in total. The van der Waals surface area contributed by atoms with E-state index in [1.165, 1.54) is 23.5 Å². The molecule has 0 spiro atoms. The Morgan fingerprint density at radius 1 is 1.12 bits per heavy atom. The molecule has 2 aromatic carbocycles. The number of carboxylic acids is 1. The molecule has 1 fully saturated rings. The lowest BCUT2D eigenvalue weighted by molar-refractivity contribution is -0.139. The van der Waals surface area contributed by atoms with Crippen molar-refractivity contribution in [3.05, 3.63) is 70.1 Å². The number of carbonyl (C=O) groups excluding carboxylic acids is 1. The van der Waals surface area contributed by atoms with Crippen LogP contribution in [0, 0.1) is 6.92 Å². The molecule has 1 saturated heterocycles. The van der Waals surface area contributed by atoms with Crippen molar-refractivity contribution in [3.8, 4) is 16.2 Å². The smallest absolute Gasteiger partial charge is 0.416 e. The fourth-order valence-corrected chi connectivity index (χ4v) is 7.43.